The van der Waals surface area contributed by atoms with Crippen molar-refractivity contribution in [1.82, 2.24) is 4.90 Å². The molecule has 1 aromatic rings. The number of nitrogens with two attached hydrogens (primary N) is 1. The molecule has 0 aromatic carbocycles. The Kier molecular flexibility index (Phi) is 3.28. The molecule has 2 unspecified atom stereocenters. The summed E-state index contributed by atoms with van der Waals surface area (Å²) in [6.45, 7) is 1.01. The number of hydrogen-bond donors (Lipinski definition) is 1. The molecule has 1 saturated carbocycles. The maximum atomic E-state index is 10.7. The summed E-state index contributed by atoms with van der Waals surface area (Å²) in [5.74, 6) is 0.454. The molecule has 1 saturated heterocycles. The first-order chi connectivity index (χ1) is 9.16. The minimum absolute atomic E-state index is 0.00569. The third-order valence-electron chi connectivity index (χ3n) is 4.07. The van der Waals surface area contributed by atoms with Crippen LogP contribution in [0.5, 0.6) is 0 Å². The van der Waals surface area contributed by atoms with E-state index in [2.05, 4.69) is 4.90 Å². The zero-order valence-electron chi connectivity index (χ0n) is 10.8. The SMILES string of the molecule is NC1CCCCN(C2CC2)C1c1ccc([N+](=O)[O-])o1. The van der Waals surface area contributed by atoms with Gasteiger partial charge >= 0.3 is 5.88 Å². The number of nitrogens with zero attached hydrogens (tertiary/aromatic N) is 2. The van der Waals surface area contributed by atoms with E-state index in [1.54, 1.807) is 6.07 Å². The predicted octanol–water partition coefficient (Wildman–Crippen LogP) is 2.20. The second kappa shape index (κ2) is 4.94. The summed E-state index contributed by atoms with van der Waals surface area (Å²) < 4.78 is 5.40. The largest absolute Gasteiger partial charge is 0.433 e. The Bertz CT molecular complexity index is 469. The van der Waals surface area contributed by atoms with Crippen molar-refractivity contribution in [3.8, 4) is 0 Å². The van der Waals surface area contributed by atoms with Crippen molar-refractivity contribution in [1.29, 1.82) is 0 Å². The van der Waals surface area contributed by atoms with Gasteiger partial charge in [-0.1, -0.05) is 6.42 Å². The molecule has 2 aliphatic rings. The topological polar surface area (TPSA) is 85.5 Å². The van der Waals surface area contributed by atoms with Crippen molar-refractivity contribution in [2.45, 2.75) is 50.2 Å². The van der Waals surface area contributed by atoms with Crippen LogP contribution in [0.3, 0.4) is 0 Å². The quantitative estimate of drug-likeness (QED) is 0.669. The van der Waals surface area contributed by atoms with E-state index in [0.717, 1.165) is 25.8 Å². The summed E-state index contributed by atoms with van der Waals surface area (Å²) in [7, 11) is 0. The van der Waals surface area contributed by atoms with Crippen molar-refractivity contribution in [2.24, 2.45) is 5.73 Å². The van der Waals surface area contributed by atoms with E-state index in [9.17, 15) is 10.1 Å². The smallest absolute Gasteiger partial charge is 0.404 e. The van der Waals surface area contributed by atoms with Crippen molar-refractivity contribution in [2.75, 3.05) is 6.54 Å². The average Bonchev–Trinajstić information content (AvgIpc) is 3.12. The lowest BCUT2D eigenvalue weighted by molar-refractivity contribution is -0.402. The lowest BCUT2D eigenvalue weighted by atomic mass is 10.0. The Balaban J connectivity index is 1.89. The summed E-state index contributed by atoms with van der Waals surface area (Å²) in [5.41, 5.74) is 6.28. The van der Waals surface area contributed by atoms with Gasteiger partial charge in [-0.25, -0.2) is 0 Å². The van der Waals surface area contributed by atoms with E-state index >= 15 is 0 Å². The van der Waals surface area contributed by atoms with Crippen LogP contribution in [-0.4, -0.2) is 28.5 Å². The molecule has 6 nitrogen and oxygen atoms in total. The van der Waals surface area contributed by atoms with Gasteiger partial charge in [0.25, 0.3) is 0 Å². The van der Waals surface area contributed by atoms with Gasteiger partial charge in [0.2, 0.25) is 0 Å². The Morgan fingerprint density at radius 1 is 1.32 bits per heavy atom. The zero-order chi connectivity index (χ0) is 13.4. The maximum Gasteiger partial charge on any atom is 0.433 e. The van der Waals surface area contributed by atoms with Gasteiger partial charge in [0.15, 0.2) is 0 Å². The van der Waals surface area contributed by atoms with E-state index in [1.807, 2.05) is 0 Å². The van der Waals surface area contributed by atoms with Crippen LogP contribution in [0.4, 0.5) is 5.88 Å². The van der Waals surface area contributed by atoms with E-state index in [1.165, 1.54) is 18.9 Å². The normalized spacial score (nSPS) is 29.1. The van der Waals surface area contributed by atoms with Crippen molar-refractivity contribution in [3.63, 3.8) is 0 Å². The molecule has 0 bridgehead atoms. The molecular weight excluding hydrogens is 246 g/mol. The highest BCUT2D eigenvalue weighted by atomic mass is 16.6. The second-order valence-electron chi connectivity index (χ2n) is 5.51. The first-order valence-corrected chi connectivity index (χ1v) is 6.92. The molecule has 1 aliphatic carbocycles. The minimum atomic E-state index is -0.493. The van der Waals surface area contributed by atoms with Crippen LogP contribution in [0.15, 0.2) is 16.5 Å². The maximum absolute atomic E-state index is 10.7. The monoisotopic (exact) mass is 265 g/mol. The van der Waals surface area contributed by atoms with Gasteiger partial charge in [-0.05, 0) is 38.3 Å². The number of likely N-dealkylation sites (tertiary alicyclic amines) is 1. The fourth-order valence-electron chi connectivity index (χ4n) is 3.01. The molecule has 104 valence electrons. The lowest BCUT2D eigenvalue weighted by Crippen LogP contribution is -2.40. The molecule has 0 amide bonds. The molecule has 19 heavy (non-hydrogen) atoms. The van der Waals surface area contributed by atoms with Crippen LogP contribution in [0.25, 0.3) is 0 Å². The molecule has 0 spiro atoms. The zero-order valence-corrected chi connectivity index (χ0v) is 10.8. The highest BCUT2D eigenvalue weighted by Crippen LogP contribution is 2.39. The molecule has 0 radical (unpaired) electrons. The van der Waals surface area contributed by atoms with Crippen LogP contribution < -0.4 is 5.73 Å². The molecule has 1 aliphatic heterocycles. The van der Waals surface area contributed by atoms with Gasteiger partial charge in [0, 0.05) is 12.1 Å². The summed E-state index contributed by atoms with van der Waals surface area (Å²) in [6, 6.07) is 3.71. The third-order valence-corrected chi connectivity index (χ3v) is 4.07. The van der Waals surface area contributed by atoms with Crippen LogP contribution in [0.1, 0.15) is 43.9 Å². The molecule has 1 aromatic heterocycles. The standard InChI is InChI=1S/C13H19N3O3/c14-10-3-1-2-8-15(9-4-5-9)13(10)11-6-7-12(19-11)16(17)18/h6-7,9-10,13H,1-5,8,14H2. The number of hydrogen-bond acceptors (Lipinski definition) is 5. The van der Waals surface area contributed by atoms with E-state index in [4.69, 9.17) is 10.2 Å². The van der Waals surface area contributed by atoms with Gasteiger partial charge in [0.1, 0.15) is 10.7 Å². The van der Waals surface area contributed by atoms with E-state index < -0.39 is 4.92 Å². The average molecular weight is 265 g/mol. The number of furan rings is 1. The highest BCUT2D eigenvalue weighted by molar-refractivity contribution is 5.21. The summed E-state index contributed by atoms with van der Waals surface area (Å²) >= 11 is 0. The Morgan fingerprint density at radius 3 is 2.74 bits per heavy atom. The second-order valence-corrected chi connectivity index (χ2v) is 5.51. The van der Waals surface area contributed by atoms with Gasteiger partial charge in [-0.2, -0.15) is 0 Å². The summed E-state index contributed by atoms with van der Waals surface area (Å²) in [4.78, 5) is 12.6. The fraction of sp³-hybridized carbons (Fsp3) is 0.692. The van der Waals surface area contributed by atoms with Gasteiger partial charge < -0.3 is 10.2 Å². The molecular formula is C13H19N3O3. The van der Waals surface area contributed by atoms with Gasteiger partial charge in [0.05, 0.1) is 12.1 Å². The van der Waals surface area contributed by atoms with Crippen LogP contribution in [0, 0.1) is 10.1 Å². The predicted molar refractivity (Wildman–Crippen MR) is 69.7 cm³/mol. The van der Waals surface area contributed by atoms with E-state index in [0.29, 0.717) is 11.8 Å². The van der Waals surface area contributed by atoms with Gasteiger partial charge in [-0.3, -0.25) is 15.0 Å². The van der Waals surface area contributed by atoms with Crippen LogP contribution in [-0.2, 0) is 0 Å². The number of rotatable bonds is 3. The highest BCUT2D eigenvalue weighted by Gasteiger charge is 2.40. The molecule has 2 fully saturated rings. The van der Waals surface area contributed by atoms with Crippen LogP contribution >= 0.6 is 0 Å². The molecule has 2 atom stereocenters. The lowest BCUT2D eigenvalue weighted by Gasteiger charge is -2.31. The minimum Gasteiger partial charge on any atom is -0.404 e. The first-order valence-electron chi connectivity index (χ1n) is 6.92. The van der Waals surface area contributed by atoms with Crippen molar-refractivity contribution >= 4 is 5.88 Å². The van der Waals surface area contributed by atoms with Gasteiger partial charge in [-0.15, -0.1) is 0 Å². The molecule has 2 heterocycles. The molecule has 3 rings (SSSR count). The van der Waals surface area contributed by atoms with Crippen LogP contribution in [0.2, 0.25) is 0 Å². The Hall–Kier alpha value is -1.40. The summed E-state index contributed by atoms with van der Waals surface area (Å²) in [5, 5.41) is 10.7. The first kappa shape index (κ1) is 12.6. The van der Waals surface area contributed by atoms with E-state index in [-0.39, 0.29) is 18.0 Å². The Morgan fingerprint density at radius 2 is 2.11 bits per heavy atom. The van der Waals surface area contributed by atoms with Crippen molar-refractivity contribution < 1.29 is 9.34 Å². The molecule has 6 heteroatoms. The Labute approximate surface area is 111 Å². The van der Waals surface area contributed by atoms with Crippen molar-refractivity contribution in [3.05, 3.63) is 28.0 Å². The molecule has 2 N–H and O–H groups in total. The fourth-order valence-corrected chi connectivity index (χ4v) is 3.01. The number of nitro groups is 1. The summed E-state index contributed by atoms with van der Waals surface area (Å²) in [6.07, 6.45) is 5.60. The third kappa shape index (κ3) is 2.50.